The van der Waals surface area contributed by atoms with Crippen molar-refractivity contribution in [3.05, 3.63) is 64.1 Å². The summed E-state index contributed by atoms with van der Waals surface area (Å²) in [4.78, 5) is 42.3. The molecule has 4 rings (SSSR count). The number of carboxylic acid groups (broad SMARTS) is 1. The van der Waals surface area contributed by atoms with Gasteiger partial charge in [0.15, 0.2) is 0 Å². The van der Waals surface area contributed by atoms with Crippen LogP contribution in [0.15, 0.2) is 47.4 Å². The number of carbonyl (C=O) groups is 2. The number of rotatable bonds is 13. The number of amides is 1. The van der Waals surface area contributed by atoms with Crippen LogP contribution >= 0.6 is 0 Å². The van der Waals surface area contributed by atoms with Crippen LogP contribution in [0.2, 0.25) is 0 Å². The van der Waals surface area contributed by atoms with Gasteiger partial charge in [0.05, 0.1) is 19.1 Å². The minimum Gasteiger partial charge on any atom is -0.493 e. The second kappa shape index (κ2) is 13.1. The first-order chi connectivity index (χ1) is 18.4. The Bertz CT molecular complexity index is 1160. The second-order valence-corrected chi connectivity index (χ2v) is 10.3. The molecule has 0 unspecified atom stereocenters. The van der Waals surface area contributed by atoms with E-state index >= 15 is 0 Å². The number of benzene rings is 1. The molecular weight excluding hydrogens is 486 g/mol. The van der Waals surface area contributed by atoms with E-state index in [1.54, 1.807) is 27.8 Å². The van der Waals surface area contributed by atoms with E-state index in [0.717, 1.165) is 36.1 Å². The minimum atomic E-state index is -0.893. The van der Waals surface area contributed by atoms with Crippen LogP contribution in [0.4, 0.5) is 0 Å². The lowest BCUT2D eigenvalue weighted by atomic mass is 9.83. The molecular formula is C29H39N3O6. The number of pyridine rings is 1. The van der Waals surface area contributed by atoms with Crippen LogP contribution in [0.25, 0.3) is 0 Å². The van der Waals surface area contributed by atoms with Crippen LogP contribution in [-0.4, -0.2) is 81.9 Å². The highest BCUT2D eigenvalue weighted by molar-refractivity contribution is 5.79. The summed E-state index contributed by atoms with van der Waals surface area (Å²) >= 11 is 0. The van der Waals surface area contributed by atoms with E-state index in [0.29, 0.717) is 45.6 Å². The quantitative estimate of drug-likeness (QED) is 0.413. The molecule has 2 N–H and O–H groups in total. The van der Waals surface area contributed by atoms with Crippen molar-refractivity contribution < 1.29 is 24.5 Å². The molecule has 0 saturated carbocycles. The lowest BCUT2D eigenvalue weighted by Gasteiger charge is -2.30. The van der Waals surface area contributed by atoms with Crippen molar-refractivity contribution in [3.8, 4) is 5.75 Å². The first-order valence-electron chi connectivity index (χ1n) is 13.7. The molecule has 38 heavy (non-hydrogen) atoms. The number of nitrogens with zero attached hydrogens (tertiary/aromatic N) is 3. The molecule has 1 aromatic carbocycles. The predicted molar refractivity (Wildman–Crippen MR) is 143 cm³/mol. The molecule has 2 aromatic rings. The highest BCUT2D eigenvalue weighted by Gasteiger charge is 2.47. The smallest absolute Gasteiger partial charge is 0.308 e. The van der Waals surface area contributed by atoms with Gasteiger partial charge in [0, 0.05) is 63.4 Å². The van der Waals surface area contributed by atoms with E-state index in [-0.39, 0.29) is 30.5 Å². The van der Waals surface area contributed by atoms with E-state index in [1.807, 2.05) is 17.0 Å². The molecule has 2 aliphatic rings. The summed E-state index contributed by atoms with van der Waals surface area (Å²) in [7, 11) is 0. The summed E-state index contributed by atoms with van der Waals surface area (Å²) in [5, 5.41) is 19.7. The number of hydrogen-bond acceptors (Lipinski definition) is 6. The maximum atomic E-state index is 13.4. The number of fused-ring (bicyclic) bond motifs is 1. The van der Waals surface area contributed by atoms with E-state index in [9.17, 15) is 24.6 Å². The highest BCUT2D eigenvalue weighted by atomic mass is 16.5. The number of carbonyl (C=O) groups excluding carboxylic acids is 1. The number of carboxylic acids is 1. The fourth-order valence-corrected chi connectivity index (χ4v) is 5.79. The molecule has 0 spiro atoms. The maximum absolute atomic E-state index is 13.4. The molecule has 0 bridgehead atoms. The molecule has 206 valence electrons. The molecule has 9 heteroatoms. The Labute approximate surface area is 223 Å². The Kier molecular flexibility index (Phi) is 9.58. The van der Waals surface area contributed by atoms with Crippen molar-refractivity contribution >= 4 is 11.9 Å². The predicted octanol–water partition coefficient (Wildman–Crippen LogP) is 2.35. The number of unbranched alkanes of at least 4 members (excludes halogenated alkanes) is 1. The normalized spacial score (nSPS) is 20.7. The van der Waals surface area contributed by atoms with Gasteiger partial charge in [0.2, 0.25) is 11.5 Å². The Balaban J connectivity index is 1.61. The van der Waals surface area contributed by atoms with E-state index < -0.39 is 17.9 Å². The molecule has 1 fully saturated rings. The summed E-state index contributed by atoms with van der Waals surface area (Å²) in [5.74, 6) is -1.10. The third-order valence-electron chi connectivity index (χ3n) is 7.80. The van der Waals surface area contributed by atoms with Crippen LogP contribution in [0.5, 0.6) is 5.75 Å². The zero-order valence-corrected chi connectivity index (χ0v) is 22.1. The zero-order chi connectivity index (χ0) is 27.1. The van der Waals surface area contributed by atoms with Crippen molar-refractivity contribution in [2.75, 3.05) is 39.4 Å². The second-order valence-electron chi connectivity index (χ2n) is 10.3. The molecule has 3 atom stereocenters. The van der Waals surface area contributed by atoms with Crippen molar-refractivity contribution in [2.45, 2.75) is 57.5 Å². The van der Waals surface area contributed by atoms with Crippen LogP contribution in [0.1, 0.15) is 49.7 Å². The van der Waals surface area contributed by atoms with Gasteiger partial charge < -0.3 is 24.4 Å². The van der Waals surface area contributed by atoms with E-state index in [1.165, 1.54) is 6.07 Å². The van der Waals surface area contributed by atoms with Crippen LogP contribution < -0.4 is 10.3 Å². The van der Waals surface area contributed by atoms with Crippen LogP contribution in [-0.2, 0) is 22.6 Å². The van der Waals surface area contributed by atoms with Gasteiger partial charge in [0.25, 0.3) is 0 Å². The Morgan fingerprint density at radius 2 is 1.97 bits per heavy atom. The first kappa shape index (κ1) is 27.9. The summed E-state index contributed by atoms with van der Waals surface area (Å²) < 4.78 is 7.24. The molecule has 0 aliphatic carbocycles. The van der Waals surface area contributed by atoms with Gasteiger partial charge in [-0.05, 0) is 42.5 Å². The minimum absolute atomic E-state index is 0.0132. The van der Waals surface area contributed by atoms with Gasteiger partial charge in [-0.1, -0.05) is 31.5 Å². The summed E-state index contributed by atoms with van der Waals surface area (Å²) in [5.41, 5.74) is 1.90. The molecule has 3 heterocycles. The molecule has 0 radical (unpaired) electrons. The highest BCUT2D eigenvalue weighted by Crippen LogP contribution is 2.41. The standard InChI is InChI=1S/C29H39N3O6/c1-2-3-12-30(14-6-16-33)27(35)20-32-19-23(21-8-9-25-22(18-21)11-17-38-25)28(29(36)37)24(32)10-15-31-13-5-4-7-26(31)34/h4-5,7-9,13,18,23-24,28,33H,2-3,6,10-12,14-17,19-20H2,1H3,(H,36,37)/t23-,24+,28-/m1/s1. The lowest BCUT2D eigenvalue weighted by Crippen LogP contribution is -2.45. The zero-order valence-electron chi connectivity index (χ0n) is 22.1. The molecule has 1 aromatic heterocycles. The third kappa shape index (κ3) is 6.45. The van der Waals surface area contributed by atoms with Gasteiger partial charge in [-0.25, -0.2) is 0 Å². The van der Waals surface area contributed by atoms with E-state index in [4.69, 9.17) is 4.74 Å². The Hall–Kier alpha value is -3.17. The van der Waals surface area contributed by atoms with Crippen molar-refractivity contribution in [3.63, 3.8) is 0 Å². The number of aliphatic hydroxyl groups excluding tert-OH is 1. The topological polar surface area (TPSA) is 112 Å². The fourth-order valence-electron chi connectivity index (χ4n) is 5.79. The van der Waals surface area contributed by atoms with Crippen molar-refractivity contribution in [1.82, 2.24) is 14.4 Å². The average Bonchev–Trinajstić information content (AvgIpc) is 3.52. The SMILES string of the molecule is CCCCN(CCCO)C(=O)CN1C[C@H](c2ccc3c(c2)CCO3)[C@@H](C(=O)O)[C@@H]1CCn1ccccc1=O. The van der Waals surface area contributed by atoms with Crippen LogP contribution in [0, 0.1) is 5.92 Å². The number of aliphatic carboxylic acids is 1. The van der Waals surface area contributed by atoms with Crippen molar-refractivity contribution in [1.29, 1.82) is 0 Å². The Morgan fingerprint density at radius 3 is 2.71 bits per heavy atom. The number of aromatic nitrogens is 1. The van der Waals surface area contributed by atoms with Crippen LogP contribution in [0.3, 0.4) is 0 Å². The Morgan fingerprint density at radius 1 is 1.16 bits per heavy atom. The maximum Gasteiger partial charge on any atom is 0.308 e. The van der Waals surface area contributed by atoms with E-state index in [2.05, 4.69) is 13.0 Å². The van der Waals surface area contributed by atoms with Crippen molar-refractivity contribution in [2.24, 2.45) is 5.92 Å². The van der Waals surface area contributed by atoms with Gasteiger partial charge in [0.1, 0.15) is 5.75 Å². The number of hydrogen-bond donors (Lipinski definition) is 2. The van der Waals surface area contributed by atoms with Gasteiger partial charge in [-0.3, -0.25) is 19.3 Å². The van der Waals surface area contributed by atoms with Gasteiger partial charge in [-0.2, -0.15) is 0 Å². The lowest BCUT2D eigenvalue weighted by molar-refractivity contribution is -0.144. The molecule has 9 nitrogen and oxygen atoms in total. The summed E-state index contributed by atoms with van der Waals surface area (Å²) in [6.07, 6.45) is 5.27. The van der Waals surface area contributed by atoms with Gasteiger partial charge in [-0.15, -0.1) is 0 Å². The monoisotopic (exact) mass is 525 g/mol. The number of aliphatic hydroxyl groups is 1. The summed E-state index contributed by atoms with van der Waals surface area (Å²) in [6.45, 7) is 4.72. The number of likely N-dealkylation sites (tertiary alicyclic amines) is 1. The largest absolute Gasteiger partial charge is 0.493 e. The molecule has 2 aliphatic heterocycles. The van der Waals surface area contributed by atoms with Gasteiger partial charge >= 0.3 is 5.97 Å². The average molecular weight is 526 g/mol. The third-order valence-corrected chi connectivity index (χ3v) is 7.80. The number of ether oxygens (including phenoxy) is 1. The summed E-state index contributed by atoms with van der Waals surface area (Å²) in [6, 6.07) is 10.5. The molecule has 1 amide bonds. The fraction of sp³-hybridized carbons (Fsp3) is 0.552. The molecule has 1 saturated heterocycles. The first-order valence-corrected chi connectivity index (χ1v) is 13.7. The number of aryl methyl sites for hydroxylation is 1.